The van der Waals surface area contributed by atoms with E-state index in [1.54, 1.807) is 4.90 Å². The van der Waals surface area contributed by atoms with Gasteiger partial charge in [0, 0.05) is 42.9 Å². The highest BCUT2D eigenvalue weighted by atomic mass is 16.2. The fraction of sp³-hybridized carbons (Fsp3) is 0.625. The SMILES string of the molecule is CC(C)(CN)CCCN(CCCCN)c1cccc2c1CN(C1CCC(=O)NC1=O)C2=O. The molecule has 32 heavy (non-hydrogen) atoms. The van der Waals surface area contributed by atoms with E-state index in [-0.39, 0.29) is 29.6 Å². The number of nitrogens with two attached hydrogens (primary N) is 2. The van der Waals surface area contributed by atoms with Crippen LogP contribution >= 0.6 is 0 Å². The van der Waals surface area contributed by atoms with Gasteiger partial charge in [-0.15, -0.1) is 0 Å². The second-order valence-corrected chi connectivity index (χ2v) is 9.66. The van der Waals surface area contributed by atoms with Crippen molar-refractivity contribution in [1.82, 2.24) is 10.2 Å². The molecule has 2 aliphatic rings. The summed E-state index contributed by atoms with van der Waals surface area (Å²) >= 11 is 0. The van der Waals surface area contributed by atoms with E-state index in [4.69, 9.17) is 11.5 Å². The van der Waals surface area contributed by atoms with Crippen LogP contribution in [0.2, 0.25) is 0 Å². The Labute approximate surface area is 190 Å². The Bertz CT molecular complexity index is 854. The van der Waals surface area contributed by atoms with E-state index in [1.807, 2.05) is 12.1 Å². The predicted molar refractivity (Wildman–Crippen MR) is 125 cm³/mol. The number of unbranched alkanes of at least 4 members (excludes halogenated alkanes) is 1. The van der Waals surface area contributed by atoms with Gasteiger partial charge in [-0.05, 0) is 62.7 Å². The lowest BCUT2D eigenvalue weighted by Gasteiger charge is -2.31. The maximum atomic E-state index is 13.2. The maximum absolute atomic E-state index is 13.2. The van der Waals surface area contributed by atoms with Gasteiger partial charge >= 0.3 is 0 Å². The van der Waals surface area contributed by atoms with Gasteiger partial charge in [0.1, 0.15) is 6.04 Å². The number of carbonyl (C=O) groups is 3. The third kappa shape index (κ3) is 5.48. The van der Waals surface area contributed by atoms with Crippen molar-refractivity contribution in [3.8, 4) is 0 Å². The molecule has 2 aliphatic heterocycles. The zero-order valence-electron chi connectivity index (χ0n) is 19.4. The van der Waals surface area contributed by atoms with Crippen molar-refractivity contribution >= 4 is 23.4 Å². The van der Waals surface area contributed by atoms with Crippen molar-refractivity contribution in [1.29, 1.82) is 0 Å². The first-order chi connectivity index (χ1) is 15.3. The Kier molecular flexibility index (Phi) is 7.90. The van der Waals surface area contributed by atoms with Gasteiger partial charge < -0.3 is 21.3 Å². The van der Waals surface area contributed by atoms with Crippen LogP contribution in [-0.2, 0) is 16.1 Å². The lowest BCUT2D eigenvalue weighted by atomic mass is 9.88. The molecule has 1 aromatic carbocycles. The Balaban J connectivity index is 1.80. The number of anilines is 1. The summed E-state index contributed by atoms with van der Waals surface area (Å²) in [7, 11) is 0. The molecule has 1 aromatic rings. The summed E-state index contributed by atoms with van der Waals surface area (Å²) in [5.41, 5.74) is 14.4. The lowest BCUT2D eigenvalue weighted by Crippen LogP contribution is -2.52. The highest BCUT2D eigenvalue weighted by Crippen LogP contribution is 2.34. The zero-order valence-corrected chi connectivity index (χ0v) is 19.4. The molecule has 3 rings (SSSR count). The standard InChI is InChI=1S/C24H37N5O3/c1-24(2,16-26)11-6-14-28(13-4-3-12-25)19-8-5-7-17-18(19)15-29(23(17)32)20-9-10-21(30)27-22(20)31/h5,7-8,20H,3-4,6,9-16,25-26H2,1-2H3,(H,27,30,31). The topological polar surface area (TPSA) is 122 Å². The smallest absolute Gasteiger partial charge is 0.255 e. The minimum absolute atomic E-state index is 0.0973. The van der Waals surface area contributed by atoms with Crippen molar-refractivity contribution in [3.05, 3.63) is 29.3 Å². The van der Waals surface area contributed by atoms with Gasteiger partial charge in [0.05, 0.1) is 0 Å². The molecule has 0 bridgehead atoms. The lowest BCUT2D eigenvalue weighted by molar-refractivity contribution is -0.136. The van der Waals surface area contributed by atoms with E-state index in [2.05, 4.69) is 30.1 Å². The van der Waals surface area contributed by atoms with Crippen LogP contribution in [0.5, 0.6) is 0 Å². The molecule has 2 heterocycles. The minimum atomic E-state index is -0.600. The first kappa shape index (κ1) is 24.2. The summed E-state index contributed by atoms with van der Waals surface area (Å²) in [6, 6.07) is 5.22. The molecule has 1 saturated heterocycles. The summed E-state index contributed by atoms with van der Waals surface area (Å²) in [5.74, 6) is -0.794. The van der Waals surface area contributed by atoms with E-state index in [0.717, 1.165) is 50.0 Å². The number of nitrogens with one attached hydrogen (secondary N) is 1. The third-order valence-electron chi connectivity index (χ3n) is 6.61. The number of nitrogens with zero attached hydrogens (tertiary/aromatic N) is 2. The molecule has 0 spiro atoms. The normalized spacial score (nSPS) is 18.7. The number of amides is 3. The molecule has 1 unspecified atom stereocenters. The number of rotatable bonds is 11. The third-order valence-corrected chi connectivity index (χ3v) is 6.61. The highest BCUT2D eigenvalue weighted by Gasteiger charge is 2.40. The molecule has 0 aliphatic carbocycles. The van der Waals surface area contributed by atoms with Crippen LogP contribution in [0.3, 0.4) is 0 Å². The number of piperidine rings is 1. The van der Waals surface area contributed by atoms with Gasteiger partial charge in [-0.2, -0.15) is 0 Å². The van der Waals surface area contributed by atoms with Gasteiger partial charge in [0.15, 0.2) is 0 Å². The van der Waals surface area contributed by atoms with Gasteiger partial charge in [0.2, 0.25) is 11.8 Å². The fourth-order valence-electron chi connectivity index (χ4n) is 4.52. The van der Waals surface area contributed by atoms with Crippen LogP contribution in [0.1, 0.15) is 68.3 Å². The number of hydrogen-bond donors (Lipinski definition) is 3. The van der Waals surface area contributed by atoms with Crippen LogP contribution in [0.15, 0.2) is 18.2 Å². The Morgan fingerprint density at radius 3 is 2.56 bits per heavy atom. The molecule has 0 radical (unpaired) electrons. The number of imide groups is 1. The summed E-state index contributed by atoms with van der Waals surface area (Å²) in [6.45, 7) is 7.79. The molecule has 5 N–H and O–H groups in total. The molecule has 1 fully saturated rings. The molecule has 8 heteroatoms. The molecule has 8 nitrogen and oxygen atoms in total. The maximum Gasteiger partial charge on any atom is 0.255 e. The van der Waals surface area contributed by atoms with Crippen LogP contribution in [-0.4, -0.2) is 54.8 Å². The molecular weight excluding hydrogens is 406 g/mol. The van der Waals surface area contributed by atoms with Crippen LogP contribution in [0.25, 0.3) is 0 Å². The van der Waals surface area contributed by atoms with Crippen LogP contribution in [0, 0.1) is 5.41 Å². The van der Waals surface area contributed by atoms with Gasteiger partial charge in [-0.1, -0.05) is 19.9 Å². The van der Waals surface area contributed by atoms with E-state index >= 15 is 0 Å². The Hall–Kier alpha value is -2.45. The van der Waals surface area contributed by atoms with Crippen molar-refractivity contribution in [2.24, 2.45) is 16.9 Å². The second kappa shape index (κ2) is 10.4. The molecular formula is C24H37N5O3. The first-order valence-electron chi connectivity index (χ1n) is 11.7. The summed E-state index contributed by atoms with van der Waals surface area (Å²) in [6.07, 6.45) is 4.57. The summed E-state index contributed by atoms with van der Waals surface area (Å²) < 4.78 is 0. The average Bonchev–Trinajstić information content (AvgIpc) is 3.09. The van der Waals surface area contributed by atoms with E-state index in [0.29, 0.717) is 31.6 Å². The number of fused-ring (bicyclic) bond motifs is 1. The summed E-state index contributed by atoms with van der Waals surface area (Å²) in [4.78, 5) is 41.0. The Morgan fingerprint density at radius 1 is 1.12 bits per heavy atom. The van der Waals surface area contributed by atoms with E-state index in [1.165, 1.54) is 0 Å². The van der Waals surface area contributed by atoms with Gasteiger partial charge in [-0.25, -0.2) is 0 Å². The Morgan fingerprint density at radius 2 is 1.88 bits per heavy atom. The van der Waals surface area contributed by atoms with E-state index in [9.17, 15) is 14.4 Å². The number of carbonyl (C=O) groups excluding carboxylic acids is 3. The van der Waals surface area contributed by atoms with Crippen molar-refractivity contribution < 1.29 is 14.4 Å². The second-order valence-electron chi connectivity index (χ2n) is 9.66. The fourth-order valence-corrected chi connectivity index (χ4v) is 4.52. The summed E-state index contributed by atoms with van der Waals surface area (Å²) in [5, 5.41) is 2.37. The molecule has 0 saturated carbocycles. The van der Waals surface area contributed by atoms with Crippen molar-refractivity contribution in [2.45, 2.75) is 65.0 Å². The molecule has 0 aromatic heterocycles. The van der Waals surface area contributed by atoms with E-state index < -0.39 is 6.04 Å². The largest absolute Gasteiger partial charge is 0.371 e. The molecule has 176 valence electrons. The van der Waals surface area contributed by atoms with Crippen LogP contribution < -0.4 is 21.7 Å². The molecule has 1 atom stereocenters. The number of hydrogen-bond acceptors (Lipinski definition) is 6. The van der Waals surface area contributed by atoms with Gasteiger partial charge in [0.25, 0.3) is 5.91 Å². The highest BCUT2D eigenvalue weighted by molar-refractivity contribution is 6.06. The quantitative estimate of drug-likeness (QED) is 0.354. The average molecular weight is 444 g/mol. The van der Waals surface area contributed by atoms with Crippen molar-refractivity contribution in [2.75, 3.05) is 31.1 Å². The first-order valence-corrected chi connectivity index (χ1v) is 11.7. The van der Waals surface area contributed by atoms with Crippen LogP contribution in [0.4, 0.5) is 5.69 Å². The predicted octanol–water partition coefficient (Wildman–Crippen LogP) is 1.76. The number of benzene rings is 1. The minimum Gasteiger partial charge on any atom is -0.371 e. The molecule has 3 amide bonds. The van der Waals surface area contributed by atoms with Crippen molar-refractivity contribution in [3.63, 3.8) is 0 Å². The zero-order chi connectivity index (χ0) is 23.3. The van der Waals surface area contributed by atoms with Gasteiger partial charge in [-0.3, -0.25) is 19.7 Å². The monoisotopic (exact) mass is 443 g/mol.